The average Bonchev–Trinajstić information content (AvgIpc) is 2.60. The van der Waals surface area contributed by atoms with Gasteiger partial charge in [-0.3, -0.25) is 0 Å². The van der Waals surface area contributed by atoms with Crippen molar-refractivity contribution in [3.63, 3.8) is 0 Å². The zero-order chi connectivity index (χ0) is 17.4. The monoisotopic (exact) mass is 329 g/mol. The van der Waals surface area contributed by atoms with Gasteiger partial charge in [-0.15, -0.1) is 0 Å². The Labute approximate surface area is 144 Å². The molecule has 0 saturated carbocycles. The summed E-state index contributed by atoms with van der Waals surface area (Å²) in [5.74, 6) is 2.87. The van der Waals surface area contributed by atoms with Crippen molar-refractivity contribution >= 4 is 0 Å². The van der Waals surface area contributed by atoms with E-state index in [1.54, 1.807) is 7.11 Å². The lowest BCUT2D eigenvalue weighted by Gasteiger charge is -2.17. The molecule has 130 valence electrons. The third kappa shape index (κ3) is 4.65. The Morgan fingerprint density at radius 3 is 2.33 bits per heavy atom. The van der Waals surface area contributed by atoms with E-state index in [0.717, 1.165) is 29.4 Å². The van der Waals surface area contributed by atoms with Crippen molar-refractivity contribution < 1.29 is 14.2 Å². The van der Waals surface area contributed by atoms with E-state index < -0.39 is 0 Å². The van der Waals surface area contributed by atoms with E-state index in [1.807, 2.05) is 43.4 Å². The fourth-order valence-corrected chi connectivity index (χ4v) is 2.60. The van der Waals surface area contributed by atoms with Gasteiger partial charge in [0, 0.05) is 12.1 Å². The van der Waals surface area contributed by atoms with Crippen LogP contribution in [0.4, 0.5) is 0 Å². The summed E-state index contributed by atoms with van der Waals surface area (Å²) < 4.78 is 17.3. The first-order valence-electron chi connectivity index (χ1n) is 8.32. The zero-order valence-electron chi connectivity index (χ0n) is 15.0. The number of para-hydroxylation sites is 2. The highest BCUT2D eigenvalue weighted by atomic mass is 16.5. The Hall–Kier alpha value is -2.20. The normalized spacial score (nSPS) is 10.7. The molecule has 0 bridgehead atoms. The fourth-order valence-electron chi connectivity index (χ4n) is 2.60. The molecule has 4 heteroatoms. The highest BCUT2D eigenvalue weighted by Crippen LogP contribution is 2.31. The second kappa shape index (κ2) is 9.18. The lowest BCUT2D eigenvalue weighted by molar-refractivity contribution is 0.208. The zero-order valence-corrected chi connectivity index (χ0v) is 15.0. The van der Waals surface area contributed by atoms with Crippen LogP contribution in [-0.2, 0) is 6.54 Å². The molecule has 0 radical (unpaired) electrons. The Morgan fingerprint density at radius 2 is 1.62 bits per heavy atom. The number of benzene rings is 2. The molecule has 0 unspecified atom stereocenters. The van der Waals surface area contributed by atoms with E-state index >= 15 is 0 Å². The smallest absolute Gasteiger partial charge is 0.165 e. The van der Waals surface area contributed by atoms with Crippen LogP contribution in [0.15, 0.2) is 42.5 Å². The average molecular weight is 329 g/mol. The molecule has 0 saturated heterocycles. The first-order chi connectivity index (χ1) is 11.7. The maximum absolute atomic E-state index is 5.94. The molecular formula is C20H27NO3. The van der Waals surface area contributed by atoms with Crippen LogP contribution in [0.2, 0.25) is 0 Å². The highest BCUT2D eigenvalue weighted by molar-refractivity contribution is 5.46. The Balaban J connectivity index is 1.98. The standard InChI is InChI=1S/C20H27NO3/c1-15(2)17-9-5-6-10-18(17)23-12-13-24-20-16(14-21-3)8-7-11-19(20)22-4/h5-11,15,21H,12-14H2,1-4H3. The second-order valence-electron chi connectivity index (χ2n) is 5.87. The molecule has 0 aliphatic carbocycles. The van der Waals surface area contributed by atoms with Gasteiger partial charge in [-0.05, 0) is 30.7 Å². The molecule has 0 heterocycles. The minimum absolute atomic E-state index is 0.429. The Bertz CT molecular complexity index is 641. The van der Waals surface area contributed by atoms with E-state index in [0.29, 0.717) is 19.1 Å². The third-order valence-corrected chi connectivity index (χ3v) is 3.78. The van der Waals surface area contributed by atoms with Gasteiger partial charge in [-0.1, -0.05) is 44.2 Å². The van der Waals surface area contributed by atoms with Gasteiger partial charge < -0.3 is 19.5 Å². The summed E-state index contributed by atoms with van der Waals surface area (Å²) >= 11 is 0. The number of nitrogens with one attached hydrogen (secondary N) is 1. The molecule has 2 aromatic rings. The molecule has 2 rings (SSSR count). The highest BCUT2D eigenvalue weighted by Gasteiger charge is 2.11. The lowest BCUT2D eigenvalue weighted by atomic mass is 10.0. The molecule has 0 aromatic heterocycles. The predicted molar refractivity (Wildman–Crippen MR) is 97.3 cm³/mol. The minimum atomic E-state index is 0.429. The summed E-state index contributed by atoms with van der Waals surface area (Å²) in [6, 6.07) is 14.0. The molecule has 1 N–H and O–H groups in total. The summed E-state index contributed by atoms with van der Waals surface area (Å²) in [6.45, 7) is 6.00. The quantitative estimate of drug-likeness (QED) is 0.706. The van der Waals surface area contributed by atoms with Crippen molar-refractivity contribution in [3.05, 3.63) is 53.6 Å². The molecule has 24 heavy (non-hydrogen) atoms. The predicted octanol–water partition coefficient (Wildman–Crippen LogP) is 4.00. The molecular weight excluding hydrogens is 302 g/mol. The largest absolute Gasteiger partial charge is 0.493 e. The number of rotatable bonds is 9. The molecule has 2 aromatic carbocycles. The van der Waals surface area contributed by atoms with Gasteiger partial charge in [0.05, 0.1) is 7.11 Å². The fraction of sp³-hybridized carbons (Fsp3) is 0.400. The molecule has 0 aliphatic rings. The van der Waals surface area contributed by atoms with Gasteiger partial charge in [0.25, 0.3) is 0 Å². The van der Waals surface area contributed by atoms with Gasteiger partial charge in [-0.2, -0.15) is 0 Å². The van der Waals surface area contributed by atoms with Gasteiger partial charge in [0.1, 0.15) is 19.0 Å². The van der Waals surface area contributed by atoms with E-state index in [1.165, 1.54) is 5.56 Å². The number of hydrogen-bond donors (Lipinski definition) is 1. The van der Waals surface area contributed by atoms with Crippen molar-refractivity contribution in [1.82, 2.24) is 5.32 Å². The summed E-state index contributed by atoms with van der Waals surface area (Å²) in [6.07, 6.45) is 0. The summed E-state index contributed by atoms with van der Waals surface area (Å²) in [5.41, 5.74) is 2.28. The number of ether oxygens (including phenoxy) is 3. The van der Waals surface area contributed by atoms with E-state index in [9.17, 15) is 0 Å². The molecule has 0 spiro atoms. The molecule has 0 amide bonds. The van der Waals surface area contributed by atoms with Gasteiger partial charge in [0.2, 0.25) is 0 Å². The summed E-state index contributed by atoms with van der Waals surface area (Å²) in [4.78, 5) is 0. The second-order valence-corrected chi connectivity index (χ2v) is 5.87. The lowest BCUT2D eigenvalue weighted by Crippen LogP contribution is -2.13. The van der Waals surface area contributed by atoms with Crippen molar-refractivity contribution in [3.8, 4) is 17.2 Å². The van der Waals surface area contributed by atoms with Crippen molar-refractivity contribution in [2.45, 2.75) is 26.3 Å². The third-order valence-electron chi connectivity index (χ3n) is 3.78. The first-order valence-corrected chi connectivity index (χ1v) is 8.32. The Kier molecular flexibility index (Phi) is 6.94. The van der Waals surface area contributed by atoms with Gasteiger partial charge in [-0.25, -0.2) is 0 Å². The SMILES string of the molecule is CNCc1cccc(OC)c1OCCOc1ccccc1C(C)C. The van der Waals surface area contributed by atoms with E-state index in [-0.39, 0.29) is 0 Å². The van der Waals surface area contributed by atoms with Crippen LogP contribution in [0.5, 0.6) is 17.2 Å². The van der Waals surface area contributed by atoms with Crippen LogP contribution in [0.1, 0.15) is 30.9 Å². The topological polar surface area (TPSA) is 39.7 Å². The molecule has 4 nitrogen and oxygen atoms in total. The van der Waals surface area contributed by atoms with Crippen molar-refractivity contribution in [1.29, 1.82) is 0 Å². The Morgan fingerprint density at radius 1 is 0.917 bits per heavy atom. The van der Waals surface area contributed by atoms with Crippen LogP contribution in [-0.4, -0.2) is 27.4 Å². The first kappa shape index (κ1) is 18.1. The molecule has 0 fully saturated rings. The number of hydrogen-bond acceptors (Lipinski definition) is 4. The van der Waals surface area contributed by atoms with Crippen LogP contribution in [0.3, 0.4) is 0 Å². The molecule has 0 aliphatic heterocycles. The van der Waals surface area contributed by atoms with Crippen LogP contribution in [0.25, 0.3) is 0 Å². The molecule has 0 atom stereocenters. The number of methoxy groups -OCH3 is 1. The van der Waals surface area contributed by atoms with E-state index in [2.05, 4.69) is 25.2 Å². The minimum Gasteiger partial charge on any atom is -0.493 e. The van der Waals surface area contributed by atoms with E-state index in [4.69, 9.17) is 14.2 Å². The maximum atomic E-state index is 5.94. The van der Waals surface area contributed by atoms with Gasteiger partial charge >= 0.3 is 0 Å². The summed E-state index contributed by atoms with van der Waals surface area (Å²) in [5, 5.41) is 3.15. The van der Waals surface area contributed by atoms with Crippen molar-refractivity contribution in [2.24, 2.45) is 0 Å². The van der Waals surface area contributed by atoms with Gasteiger partial charge in [0.15, 0.2) is 11.5 Å². The van der Waals surface area contributed by atoms with Crippen LogP contribution in [0, 0.1) is 0 Å². The van der Waals surface area contributed by atoms with Crippen LogP contribution >= 0.6 is 0 Å². The van der Waals surface area contributed by atoms with Crippen molar-refractivity contribution in [2.75, 3.05) is 27.4 Å². The summed E-state index contributed by atoms with van der Waals surface area (Å²) in [7, 11) is 3.57. The van der Waals surface area contributed by atoms with Crippen LogP contribution < -0.4 is 19.5 Å². The maximum Gasteiger partial charge on any atom is 0.165 e.